The van der Waals surface area contributed by atoms with Gasteiger partial charge in [0.1, 0.15) is 19.0 Å². The first kappa shape index (κ1) is 24.2. The molecule has 0 spiro atoms. The summed E-state index contributed by atoms with van der Waals surface area (Å²) >= 11 is 0. The highest BCUT2D eigenvalue weighted by molar-refractivity contribution is 6.46. The number of Topliss-reactive ketones (excluding diaryl/α,β-unsaturated/α-hetero) is 1. The molecule has 37 heavy (non-hydrogen) atoms. The maximum Gasteiger partial charge on any atom is 0.295 e. The number of benzene rings is 2. The number of ether oxygens (including phenoxy) is 4. The van der Waals surface area contributed by atoms with Crippen molar-refractivity contribution in [2.24, 2.45) is 0 Å². The largest absolute Gasteiger partial charge is 0.507 e. The maximum absolute atomic E-state index is 13.4. The number of aliphatic hydroxyl groups excluding tert-OH is 1. The van der Waals surface area contributed by atoms with Crippen molar-refractivity contribution in [2.45, 2.75) is 19.5 Å². The van der Waals surface area contributed by atoms with Gasteiger partial charge >= 0.3 is 0 Å². The quantitative estimate of drug-likeness (QED) is 0.295. The number of methoxy groups -OCH3 is 1. The summed E-state index contributed by atoms with van der Waals surface area (Å²) in [6.45, 7) is 3.23. The van der Waals surface area contributed by atoms with Crippen LogP contribution in [0.5, 0.6) is 23.0 Å². The fourth-order valence-electron chi connectivity index (χ4n) is 4.55. The van der Waals surface area contributed by atoms with Gasteiger partial charge in [-0.05, 0) is 54.4 Å². The van der Waals surface area contributed by atoms with Crippen molar-refractivity contribution in [1.82, 2.24) is 9.88 Å². The lowest BCUT2D eigenvalue weighted by Crippen LogP contribution is -2.29. The zero-order valence-corrected chi connectivity index (χ0v) is 20.5. The molecule has 1 unspecified atom stereocenters. The average molecular weight is 503 g/mol. The summed E-state index contributed by atoms with van der Waals surface area (Å²) in [6, 6.07) is 12.8. The number of pyridine rings is 1. The van der Waals surface area contributed by atoms with Crippen LogP contribution >= 0.6 is 0 Å². The first-order chi connectivity index (χ1) is 18.0. The number of carbonyl (C=O) groups excluding carboxylic acids is 2. The van der Waals surface area contributed by atoms with Gasteiger partial charge in [0.05, 0.1) is 25.3 Å². The molecular formula is C28H26N2O7. The zero-order valence-electron chi connectivity index (χ0n) is 20.5. The molecule has 0 bridgehead atoms. The summed E-state index contributed by atoms with van der Waals surface area (Å²) in [6.07, 6.45) is 3.27. The van der Waals surface area contributed by atoms with Crippen molar-refractivity contribution >= 4 is 17.4 Å². The molecule has 5 rings (SSSR count). The molecule has 1 fully saturated rings. The number of rotatable bonds is 7. The Balaban J connectivity index is 1.65. The molecule has 2 aliphatic rings. The van der Waals surface area contributed by atoms with Crippen molar-refractivity contribution in [1.29, 1.82) is 0 Å². The molecule has 190 valence electrons. The van der Waals surface area contributed by atoms with Crippen molar-refractivity contribution < 1.29 is 33.6 Å². The van der Waals surface area contributed by atoms with E-state index in [-0.39, 0.29) is 17.9 Å². The van der Waals surface area contributed by atoms with Gasteiger partial charge in [-0.2, -0.15) is 0 Å². The number of amides is 1. The van der Waals surface area contributed by atoms with E-state index < -0.39 is 17.7 Å². The van der Waals surface area contributed by atoms with Gasteiger partial charge in [-0.25, -0.2) is 0 Å². The highest BCUT2D eigenvalue weighted by Crippen LogP contribution is 2.43. The Morgan fingerprint density at radius 1 is 1.08 bits per heavy atom. The summed E-state index contributed by atoms with van der Waals surface area (Å²) in [5.74, 6) is 0.180. The zero-order chi connectivity index (χ0) is 25.9. The van der Waals surface area contributed by atoms with Crippen molar-refractivity contribution in [3.63, 3.8) is 0 Å². The van der Waals surface area contributed by atoms with E-state index in [1.54, 1.807) is 54.9 Å². The predicted octanol–water partition coefficient (Wildman–Crippen LogP) is 3.88. The second-order valence-corrected chi connectivity index (χ2v) is 8.49. The fourth-order valence-corrected chi connectivity index (χ4v) is 4.55. The summed E-state index contributed by atoms with van der Waals surface area (Å²) in [7, 11) is 1.52. The topological polar surface area (TPSA) is 107 Å². The minimum Gasteiger partial charge on any atom is -0.507 e. The van der Waals surface area contributed by atoms with Gasteiger partial charge in [0, 0.05) is 24.5 Å². The van der Waals surface area contributed by atoms with E-state index in [9.17, 15) is 14.7 Å². The number of likely N-dealkylation sites (tertiary alicyclic amines) is 1. The summed E-state index contributed by atoms with van der Waals surface area (Å²) in [4.78, 5) is 32.2. The molecule has 1 saturated heterocycles. The van der Waals surface area contributed by atoms with E-state index in [1.807, 2.05) is 13.0 Å². The Kier molecular flexibility index (Phi) is 6.68. The smallest absolute Gasteiger partial charge is 0.295 e. The molecule has 3 aromatic rings. The molecule has 0 saturated carbocycles. The minimum atomic E-state index is -0.877. The molecule has 1 amide bonds. The van der Waals surface area contributed by atoms with Crippen LogP contribution in [-0.2, 0) is 16.1 Å². The van der Waals surface area contributed by atoms with E-state index in [2.05, 4.69) is 4.98 Å². The van der Waals surface area contributed by atoms with Crippen molar-refractivity contribution in [2.75, 3.05) is 26.9 Å². The number of hydrogen-bond donors (Lipinski definition) is 1. The molecular weight excluding hydrogens is 476 g/mol. The highest BCUT2D eigenvalue weighted by Gasteiger charge is 2.46. The Labute approximate surface area is 213 Å². The molecule has 1 atom stereocenters. The van der Waals surface area contributed by atoms with Crippen LogP contribution in [0.4, 0.5) is 0 Å². The first-order valence-electron chi connectivity index (χ1n) is 11.9. The van der Waals surface area contributed by atoms with Gasteiger partial charge < -0.3 is 29.0 Å². The number of hydrogen-bond acceptors (Lipinski definition) is 8. The monoisotopic (exact) mass is 502 g/mol. The third kappa shape index (κ3) is 4.55. The molecule has 0 aliphatic carbocycles. The molecule has 9 heteroatoms. The molecule has 2 aliphatic heterocycles. The predicted molar refractivity (Wildman–Crippen MR) is 134 cm³/mol. The fraction of sp³-hybridized carbons (Fsp3) is 0.250. The third-order valence-corrected chi connectivity index (χ3v) is 6.23. The van der Waals surface area contributed by atoms with Gasteiger partial charge in [0.15, 0.2) is 23.0 Å². The highest BCUT2D eigenvalue weighted by atomic mass is 16.6. The van der Waals surface area contributed by atoms with Crippen LogP contribution < -0.4 is 18.9 Å². The maximum atomic E-state index is 13.4. The number of aliphatic hydroxyl groups is 1. The van der Waals surface area contributed by atoms with E-state index in [0.717, 1.165) is 5.56 Å². The molecule has 9 nitrogen and oxygen atoms in total. The van der Waals surface area contributed by atoms with Gasteiger partial charge in [0.2, 0.25) is 0 Å². The number of nitrogens with zero attached hydrogens (tertiary/aromatic N) is 2. The molecule has 2 aromatic carbocycles. The standard InChI is InChI=1S/C28H26N2O7/c1-3-35-20-8-6-18(13-22(20)34-2)25-24(26(31)19-7-9-21-23(14-19)37-12-11-36-21)27(32)28(33)30(25)16-17-5-4-10-29-15-17/h4-10,13-15,25,31H,3,11-12,16H2,1-2H3/b26-24-. The van der Waals surface area contributed by atoms with Gasteiger partial charge in [-0.1, -0.05) is 12.1 Å². The summed E-state index contributed by atoms with van der Waals surface area (Å²) < 4.78 is 22.4. The van der Waals surface area contributed by atoms with Crippen LogP contribution in [0.25, 0.3) is 5.76 Å². The van der Waals surface area contributed by atoms with Crippen LogP contribution in [0, 0.1) is 0 Å². The lowest BCUT2D eigenvalue weighted by molar-refractivity contribution is -0.140. The number of fused-ring (bicyclic) bond motifs is 1. The van der Waals surface area contributed by atoms with E-state index in [4.69, 9.17) is 18.9 Å². The average Bonchev–Trinajstić information content (AvgIpc) is 3.18. The van der Waals surface area contributed by atoms with Gasteiger partial charge in [0.25, 0.3) is 11.7 Å². The Bertz CT molecular complexity index is 1370. The van der Waals surface area contributed by atoms with Crippen LogP contribution in [0.1, 0.15) is 29.7 Å². The van der Waals surface area contributed by atoms with E-state index in [0.29, 0.717) is 53.9 Å². The van der Waals surface area contributed by atoms with Crippen molar-refractivity contribution in [3.05, 3.63) is 83.2 Å². The van der Waals surface area contributed by atoms with Crippen LogP contribution in [0.2, 0.25) is 0 Å². The van der Waals surface area contributed by atoms with Crippen LogP contribution in [-0.4, -0.2) is 53.6 Å². The third-order valence-electron chi connectivity index (χ3n) is 6.23. The molecule has 1 N–H and O–H groups in total. The normalized spacial score (nSPS) is 18.1. The molecule has 1 aromatic heterocycles. The lowest BCUT2D eigenvalue weighted by Gasteiger charge is -2.26. The Hall–Kier alpha value is -4.53. The summed E-state index contributed by atoms with van der Waals surface area (Å²) in [5, 5.41) is 11.4. The van der Waals surface area contributed by atoms with Crippen LogP contribution in [0.3, 0.4) is 0 Å². The van der Waals surface area contributed by atoms with Gasteiger partial charge in [-0.15, -0.1) is 0 Å². The number of ketones is 1. The molecule has 0 radical (unpaired) electrons. The number of carbonyl (C=O) groups is 2. The lowest BCUT2D eigenvalue weighted by atomic mass is 9.94. The van der Waals surface area contributed by atoms with Crippen molar-refractivity contribution in [3.8, 4) is 23.0 Å². The summed E-state index contributed by atoms with van der Waals surface area (Å²) in [5.41, 5.74) is 1.64. The first-order valence-corrected chi connectivity index (χ1v) is 11.9. The van der Waals surface area contributed by atoms with Crippen LogP contribution in [0.15, 0.2) is 66.5 Å². The number of aromatic nitrogens is 1. The minimum absolute atomic E-state index is 0.0308. The van der Waals surface area contributed by atoms with E-state index >= 15 is 0 Å². The second-order valence-electron chi connectivity index (χ2n) is 8.49. The SMILES string of the molecule is CCOc1ccc(C2/C(=C(/O)c3ccc4c(c3)OCCO4)C(=O)C(=O)N2Cc2cccnc2)cc1OC. The van der Waals surface area contributed by atoms with Gasteiger partial charge in [-0.3, -0.25) is 14.6 Å². The Morgan fingerprint density at radius 2 is 1.89 bits per heavy atom. The van der Waals surface area contributed by atoms with E-state index in [1.165, 1.54) is 12.0 Å². The second kappa shape index (κ2) is 10.2. The Morgan fingerprint density at radius 3 is 2.62 bits per heavy atom. The molecule has 3 heterocycles.